The number of ether oxygens (including phenoxy) is 1. The van der Waals surface area contributed by atoms with Crippen molar-refractivity contribution in [2.45, 2.75) is 31.9 Å². The first-order valence-electron chi connectivity index (χ1n) is 6.84. The van der Waals surface area contributed by atoms with Crippen LogP contribution in [-0.4, -0.2) is 36.2 Å². The molecule has 1 heterocycles. The lowest BCUT2D eigenvalue weighted by Gasteiger charge is -2.19. The average molecular weight is 278 g/mol. The van der Waals surface area contributed by atoms with E-state index in [1.54, 1.807) is 0 Å². The van der Waals surface area contributed by atoms with E-state index in [2.05, 4.69) is 24.1 Å². The zero-order chi connectivity index (χ0) is 13.7. The first kappa shape index (κ1) is 14.4. The molecule has 0 bridgehead atoms. The van der Waals surface area contributed by atoms with E-state index in [4.69, 9.17) is 22.7 Å². The Morgan fingerprint density at radius 3 is 3.05 bits per heavy atom. The molecule has 1 aromatic rings. The van der Waals surface area contributed by atoms with Crippen molar-refractivity contribution in [1.82, 2.24) is 4.90 Å². The third kappa shape index (κ3) is 4.56. The van der Waals surface area contributed by atoms with Crippen molar-refractivity contribution in [3.05, 3.63) is 35.4 Å². The Labute approximate surface area is 120 Å². The van der Waals surface area contributed by atoms with Gasteiger partial charge in [0.15, 0.2) is 0 Å². The van der Waals surface area contributed by atoms with E-state index in [0.29, 0.717) is 11.1 Å². The molecule has 0 aromatic heterocycles. The highest BCUT2D eigenvalue weighted by Crippen LogP contribution is 2.16. The minimum atomic E-state index is 0.462. The van der Waals surface area contributed by atoms with Crippen LogP contribution in [0.2, 0.25) is 0 Å². The van der Waals surface area contributed by atoms with Gasteiger partial charge >= 0.3 is 0 Å². The third-order valence-corrected chi connectivity index (χ3v) is 3.76. The largest absolute Gasteiger partial charge is 0.389 e. The predicted octanol–water partition coefficient (Wildman–Crippen LogP) is 2.32. The van der Waals surface area contributed by atoms with E-state index in [-0.39, 0.29) is 0 Å². The molecule has 0 radical (unpaired) electrons. The molecule has 4 heteroatoms. The summed E-state index contributed by atoms with van der Waals surface area (Å²) in [5.41, 5.74) is 7.85. The van der Waals surface area contributed by atoms with Crippen LogP contribution >= 0.6 is 12.2 Å². The number of nitrogens with zero attached hydrogens (tertiary/aromatic N) is 1. The van der Waals surface area contributed by atoms with Crippen molar-refractivity contribution in [1.29, 1.82) is 0 Å². The Balaban J connectivity index is 1.82. The molecule has 0 amide bonds. The summed E-state index contributed by atoms with van der Waals surface area (Å²) >= 11 is 5.01. The van der Waals surface area contributed by atoms with Gasteiger partial charge in [-0.25, -0.2) is 0 Å². The van der Waals surface area contributed by atoms with E-state index in [1.807, 2.05) is 12.1 Å². The molecule has 2 rings (SSSR count). The number of hydrogen-bond donors (Lipinski definition) is 1. The van der Waals surface area contributed by atoms with Gasteiger partial charge in [0, 0.05) is 25.3 Å². The minimum absolute atomic E-state index is 0.462. The monoisotopic (exact) mass is 278 g/mol. The van der Waals surface area contributed by atoms with Crippen molar-refractivity contribution >= 4 is 17.2 Å². The zero-order valence-electron chi connectivity index (χ0n) is 11.5. The van der Waals surface area contributed by atoms with Gasteiger partial charge in [0.1, 0.15) is 4.99 Å². The molecular weight excluding hydrogens is 256 g/mol. The van der Waals surface area contributed by atoms with Crippen LogP contribution in [0.4, 0.5) is 0 Å². The highest BCUT2D eigenvalue weighted by atomic mass is 32.1. The second kappa shape index (κ2) is 6.98. The molecule has 1 aromatic carbocycles. The summed E-state index contributed by atoms with van der Waals surface area (Å²) in [5, 5.41) is 0. The lowest BCUT2D eigenvalue weighted by Crippen LogP contribution is -2.23. The van der Waals surface area contributed by atoms with Gasteiger partial charge in [-0.3, -0.25) is 0 Å². The maximum Gasteiger partial charge on any atom is 0.103 e. The summed E-state index contributed by atoms with van der Waals surface area (Å²) in [5.74, 6) is 0. The SMILES string of the molecule is CN(CCC1CCCO1)Cc1cccc(C(N)=S)c1. The molecule has 2 N–H and O–H groups in total. The normalized spacial score (nSPS) is 18.9. The number of nitrogens with two attached hydrogens (primary N) is 1. The Bertz CT molecular complexity index is 430. The second-order valence-electron chi connectivity index (χ2n) is 5.23. The fourth-order valence-electron chi connectivity index (χ4n) is 2.45. The number of hydrogen-bond acceptors (Lipinski definition) is 3. The van der Waals surface area contributed by atoms with Gasteiger partial charge in [-0.2, -0.15) is 0 Å². The molecule has 3 nitrogen and oxygen atoms in total. The zero-order valence-corrected chi connectivity index (χ0v) is 12.3. The van der Waals surface area contributed by atoms with E-state index in [1.165, 1.54) is 18.4 Å². The van der Waals surface area contributed by atoms with Gasteiger partial charge in [-0.05, 0) is 37.9 Å². The molecular formula is C15H22N2OS. The van der Waals surface area contributed by atoms with Crippen LogP contribution in [0.15, 0.2) is 24.3 Å². The van der Waals surface area contributed by atoms with Crippen LogP contribution in [0, 0.1) is 0 Å². The van der Waals surface area contributed by atoms with E-state index < -0.39 is 0 Å². The van der Waals surface area contributed by atoms with Crippen molar-refractivity contribution in [3.8, 4) is 0 Å². The summed E-state index contributed by atoms with van der Waals surface area (Å²) in [6.07, 6.45) is 4.01. The van der Waals surface area contributed by atoms with E-state index in [9.17, 15) is 0 Å². The second-order valence-corrected chi connectivity index (χ2v) is 5.67. The molecule has 1 atom stereocenters. The van der Waals surface area contributed by atoms with E-state index >= 15 is 0 Å². The highest BCUT2D eigenvalue weighted by molar-refractivity contribution is 7.80. The first-order valence-corrected chi connectivity index (χ1v) is 7.25. The van der Waals surface area contributed by atoms with Crippen LogP contribution in [0.1, 0.15) is 30.4 Å². The van der Waals surface area contributed by atoms with Crippen molar-refractivity contribution < 1.29 is 4.74 Å². The molecule has 1 aliphatic rings. The Morgan fingerprint density at radius 1 is 1.53 bits per heavy atom. The van der Waals surface area contributed by atoms with Crippen molar-refractivity contribution in [2.24, 2.45) is 5.73 Å². The Hall–Kier alpha value is -0.970. The molecule has 0 aliphatic carbocycles. The van der Waals surface area contributed by atoms with Crippen LogP contribution < -0.4 is 5.73 Å². The molecule has 104 valence electrons. The summed E-state index contributed by atoms with van der Waals surface area (Å²) in [6.45, 7) is 2.91. The molecule has 0 saturated carbocycles. The molecule has 0 spiro atoms. The third-order valence-electron chi connectivity index (χ3n) is 3.52. The minimum Gasteiger partial charge on any atom is -0.389 e. The Morgan fingerprint density at radius 2 is 2.37 bits per heavy atom. The quantitative estimate of drug-likeness (QED) is 0.811. The standard InChI is InChI=1S/C15H22N2OS/c1-17(8-7-14-6-3-9-18-14)11-12-4-2-5-13(10-12)15(16)19/h2,4-5,10,14H,3,6-9,11H2,1H3,(H2,16,19). The molecule has 1 unspecified atom stereocenters. The Kier molecular flexibility index (Phi) is 5.31. The van der Waals surface area contributed by atoms with Gasteiger partial charge in [-0.15, -0.1) is 0 Å². The average Bonchev–Trinajstić information content (AvgIpc) is 2.90. The van der Waals surface area contributed by atoms with Gasteiger partial charge < -0.3 is 15.4 Å². The lowest BCUT2D eigenvalue weighted by atomic mass is 10.1. The van der Waals surface area contributed by atoms with Crippen LogP contribution in [-0.2, 0) is 11.3 Å². The molecule has 1 fully saturated rings. The van der Waals surface area contributed by atoms with Gasteiger partial charge in [0.05, 0.1) is 6.10 Å². The fraction of sp³-hybridized carbons (Fsp3) is 0.533. The van der Waals surface area contributed by atoms with Crippen molar-refractivity contribution in [2.75, 3.05) is 20.2 Å². The summed E-state index contributed by atoms with van der Waals surface area (Å²) in [6, 6.07) is 8.16. The van der Waals surface area contributed by atoms with E-state index in [0.717, 1.165) is 31.7 Å². The first-order chi connectivity index (χ1) is 9.15. The molecule has 19 heavy (non-hydrogen) atoms. The highest BCUT2D eigenvalue weighted by Gasteiger charge is 2.15. The van der Waals surface area contributed by atoms with Crippen LogP contribution in [0.5, 0.6) is 0 Å². The summed E-state index contributed by atoms with van der Waals surface area (Å²) in [4.78, 5) is 2.78. The fourth-order valence-corrected chi connectivity index (χ4v) is 2.58. The van der Waals surface area contributed by atoms with Gasteiger partial charge in [0.2, 0.25) is 0 Å². The number of benzene rings is 1. The summed E-state index contributed by atoms with van der Waals surface area (Å²) in [7, 11) is 2.14. The van der Waals surface area contributed by atoms with Gasteiger partial charge in [-0.1, -0.05) is 30.4 Å². The summed E-state index contributed by atoms with van der Waals surface area (Å²) < 4.78 is 5.64. The van der Waals surface area contributed by atoms with Crippen molar-refractivity contribution in [3.63, 3.8) is 0 Å². The lowest BCUT2D eigenvalue weighted by molar-refractivity contribution is 0.0944. The van der Waals surface area contributed by atoms with Gasteiger partial charge in [0.25, 0.3) is 0 Å². The molecule has 1 aliphatic heterocycles. The smallest absolute Gasteiger partial charge is 0.103 e. The number of rotatable bonds is 6. The number of thiocarbonyl (C=S) groups is 1. The maximum absolute atomic E-state index is 5.66. The topological polar surface area (TPSA) is 38.5 Å². The predicted molar refractivity (Wildman–Crippen MR) is 82.3 cm³/mol. The maximum atomic E-state index is 5.66. The van der Waals surface area contributed by atoms with Crippen LogP contribution in [0.25, 0.3) is 0 Å². The van der Waals surface area contributed by atoms with Crippen LogP contribution in [0.3, 0.4) is 0 Å². The molecule has 1 saturated heterocycles.